The maximum atomic E-state index is 12.0. The quantitative estimate of drug-likeness (QED) is 0.707. The van der Waals surface area contributed by atoms with Crippen molar-refractivity contribution in [2.24, 2.45) is 5.92 Å². The Morgan fingerprint density at radius 2 is 2.24 bits per heavy atom. The van der Waals surface area contributed by atoms with E-state index in [0.717, 1.165) is 30.9 Å². The highest BCUT2D eigenvalue weighted by molar-refractivity contribution is 5.95. The first-order valence-electron chi connectivity index (χ1n) is 6.85. The minimum absolute atomic E-state index is 0.263. The van der Waals surface area contributed by atoms with Gasteiger partial charge in [-0.3, -0.25) is 9.48 Å². The Labute approximate surface area is 103 Å². The Morgan fingerprint density at radius 1 is 1.47 bits per heavy atom. The van der Waals surface area contributed by atoms with Crippen molar-refractivity contribution < 1.29 is 4.79 Å². The molecule has 0 saturated heterocycles. The minimum Gasteiger partial charge on any atom is -0.294 e. The summed E-state index contributed by atoms with van der Waals surface area (Å²) < 4.78 is 1.86. The van der Waals surface area contributed by atoms with Crippen molar-refractivity contribution in [2.45, 2.75) is 58.4 Å². The Kier molecular flexibility index (Phi) is 4.35. The number of carbonyl (C=O) groups is 1. The molecule has 0 N–H and O–H groups in total. The summed E-state index contributed by atoms with van der Waals surface area (Å²) in [6.07, 6.45) is 11.8. The van der Waals surface area contributed by atoms with E-state index in [2.05, 4.69) is 12.0 Å². The maximum Gasteiger partial charge on any atom is 0.166 e. The molecule has 1 heterocycles. The number of Topliss-reactive ketones (excluding diaryl/α,β-unsaturated/α-hetero) is 1. The molecule has 0 radical (unpaired) electrons. The molecule has 0 aromatic carbocycles. The number of hydrogen-bond acceptors (Lipinski definition) is 2. The first-order valence-corrected chi connectivity index (χ1v) is 6.85. The highest BCUT2D eigenvalue weighted by Gasteiger charge is 2.17. The summed E-state index contributed by atoms with van der Waals surface area (Å²) in [7, 11) is 0. The summed E-state index contributed by atoms with van der Waals surface area (Å²) in [6.45, 7) is 3.01. The average molecular weight is 234 g/mol. The number of aryl methyl sites for hydroxylation is 1. The second-order valence-corrected chi connectivity index (χ2v) is 5.10. The molecule has 1 aromatic rings. The molecule has 0 amide bonds. The Balaban J connectivity index is 1.81. The van der Waals surface area contributed by atoms with Crippen molar-refractivity contribution in [2.75, 3.05) is 0 Å². The van der Waals surface area contributed by atoms with Gasteiger partial charge in [0.2, 0.25) is 0 Å². The number of ketones is 1. The summed E-state index contributed by atoms with van der Waals surface area (Å²) in [4.78, 5) is 12.0. The molecule has 1 aliphatic rings. The predicted molar refractivity (Wildman–Crippen MR) is 68.0 cm³/mol. The molecular weight excluding hydrogens is 212 g/mol. The molecular formula is C14H22N2O. The van der Waals surface area contributed by atoms with Crippen LogP contribution in [-0.2, 0) is 6.54 Å². The molecule has 94 valence electrons. The van der Waals surface area contributed by atoms with Gasteiger partial charge >= 0.3 is 0 Å². The lowest BCUT2D eigenvalue weighted by Crippen LogP contribution is -2.02. The first kappa shape index (κ1) is 12.3. The van der Waals surface area contributed by atoms with Crippen LogP contribution in [0.25, 0.3) is 0 Å². The van der Waals surface area contributed by atoms with Crippen LogP contribution in [0, 0.1) is 5.92 Å². The summed E-state index contributed by atoms with van der Waals surface area (Å²) in [5.41, 5.74) is 0.788. The van der Waals surface area contributed by atoms with Crippen LogP contribution in [0.3, 0.4) is 0 Å². The first-order chi connectivity index (χ1) is 8.29. The van der Waals surface area contributed by atoms with E-state index in [0.29, 0.717) is 6.42 Å². The van der Waals surface area contributed by atoms with Gasteiger partial charge in [-0.2, -0.15) is 5.10 Å². The van der Waals surface area contributed by atoms with Gasteiger partial charge in [0, 0.05) is 19.2 Å². The summed E-state index contributed by atoms with van der Waals surface area (Å²) in [5.74, 6) is 1.06. The molecule has 1 aromatic heterocycles. The molecule has 2 rings (SSSR count). The summed E-state index contributed by atoms with van der Waals surface area (Å²) in [6, 6.07) is 0. The lowest BCUT2D eigenvalue weighted by atomic mass is 9.99. The van der Waals surface area contributed by atoms with Gasteiger partial charge in [-0.15, -0.1) is 0 Å². The van der Waals surface area contributed by atoms with Crippen LogP contribution in [0.15, 0.2) is 12.4 Å². The maximum absolute atomic E-state index is 12.0. The van der Waals surface area contributed by atoms with Crippen molar-refractivity contribution in [3.63, 3.8) is 0 Å². The standard InChI is InChI=1S/C14H22N2O/c1-2-9-16-11-13(10-15-16)14(17)8-7-12-5-3-4-6-12/h10-12H,2-9H2,1H3. The zero-order chi connectivity index (χ0) is 12.1. The Hall–Kier alpha value is -1.12. The fourth-order valence-corrected chi connectivity index (χ4v) is 2.64. The van der Waals surface area contributed by atoms with Crippen molar-refractivity contribution in [3.8, 4) is 0 Å². The monoisotopic (exact) mass is 234 g/mol. The van der Waals surface area contributed by atoms with E-state index in [-0.39, 0.29) is 5.78 Å². The van der Waals surface area contributed by atoms with Crippen molar-refractivity contribution in [1.29, 1.82) is 0 Å². The Bertz CT molecular complexity index is 364. The van der Waals surface area contributed by atoms with E-state index < -0.39 is 0 Å². The molecule has 3 heteroatoms. The van der Waals surface area contributed by atoms with E-state index in [1.54, 1.807) is 6.20 Å². The third-order valence-electron chi connectivity index (χ3n) is 3.66. The van der Waals surface area contributed by atoms with Gasteiger partial charge in [-0.05, 0) is 18.8 Å². The van der Waals surface area contributed by atoms with Gasteiger partial charge in [0.1, 0.15) is 0 Å². The highest BCUT2D eigenvalue weighted by Crippen LogP contribution is 2.28. The second kappa shape index (κ2) is 5.99. The van der Waals surface area contributed by atoms with Gasteiger partial charge in [0.05, 0.1) is 11.8 Å². The third kappa shape index (κ3) is 3.42. The lowest BCUT2D eigenvalue weighted by molar-refractivity contribution is 0.0974. The van der Waals surface area contributed by atoms with Gasteiger partial charge in [0.25, 0.3) is 0 Å². The summed E-state index contributed by atoms with van der Waals surface area (Å²) >= 11 is 0. The molecule has 1 aliphatic carbocycles. The largest absolute Gasteiger partial charge is 0.294 e. The number of aromatic nitrogens is 2. The zero-order valence-electron chi connectivity index (χ0n) is 10.7. The van der Waals surface area contributed by atoms with Crippen LogP contribution < -0.4 is 0 Å². The number of carbonyl (C=O) groups excluding carboxylic acids is 1. The molecule has 1 saturated carbocycles. The minimum atomic E-state index is 0.263. The highest BCUT2D eigenvalue weighted by atomic mass is 16.1. The number of nitrogens with zero attached hydrogens (tertiary/aromatic N) is 2. The summed E-state index contributed by atoms with van der Waals surface area (Å²) in [5, 5.41) is 4.20. The van der Waals surface area contributed by atoms with Crippen molar-refractivity contribution in [1.82, 2.24) is 9.78 Å². The zero-order valence-corrected chi connectivity index (χ0v) is 10.7. The van der Waals surface area contributed by atoms with Gasteiger partial charge in [0.15, 0.2) is 5.78 Å². The molecule has 0 atom stereocenters. The van der Waals surface area contributed by atoms with Crippen LogP contribution in [0.5, 0.6) is 0 Å². The van der Waals surface area contributed by atoms with Crippen LogP contribution in [0.1, 0.15) is 62.2 Å². The van der Waals surface area contributed by atoms with Crippen LogP contribution in [0.4, 0.5) is 0 Å². The van der Waals surface area contributed by atoms with Gasteiger partial charge in [-0.1, -0.05) is 32.6 Å². The molecule has 3 nitrogen and oxygen atoms in total. The normalized spacial score (nSPS) is 16.5. The van der Waals surface area contributed by atoms with E-state index >= 15 is 0 Å². The molecule has 1 fully saturated rings. The number of hydrogen-bond donors (Lipinski definition) is 0. The van der Waals surface area contributed by atoms with Crippen molar-refractivity contribution in [3.05, 3.63) is 18.0 Å². The molecule has 17 heavy (non-hydrogen) atoms. The van der Waals surface area contributed by atoms with E-state index in [1.165, 1.54) is 25.7 Å². The number of rotatable bonds is 6. The lowest BCUT2D eigenvalue weighted by Gasteiger charge is -2.06. The topological polar surface area (TPSA) is 34.9 Å². The smallest absolute Gasteiger partial charge is 0.166 e. The van der Waals surface area contributed by atoms with Crippen LogP contribution >= 0.6 is 0 Å². The fraction of sp³-hybridized carbons (Fsp3) is 0.714. The molecule has 0 spiro atoms. The predicted octanol–water partition coefficient (Wildman–Crippen LogP) is 3.45. The molecule has 0 aliphatic heterocycles. The second-order valence-electron chi connectivity index (χ2n) is 5.10. The van der Waals surface area contributed by atoms with E-state index in [4.69, 9.17) is 0 Å². The van der Waals surface area contributed by atoms with Crippen molar-refractivity contribution >= 4 is 5.78 Å². The van der Waals surface area contributed by atoms with Gasteiger partial charge in [-0.25, -0.2) is 0 Å². The van der Waals surface area contributed by atoms with E-state index in [9.17, 15) is 4.79 Å². The SMILES string of the molecule is CCCn1cc(C(=O)CCC2CCCC2)cn1. The Morgan fingerprint density at radius 3 is 2.94 bits per heavy atom. The van der Waals surface area contributed by atoms with Crippen LogP contribution in [-0.4, -0.2) is 15.6 Å². The van der Waals surface area contributed by atoms with Crippen LogP contribution in [0.2, 0.25) is 0 Å². The third-order valence-corrected chi connectivity index (χ3v) is 3.66. The fourth-order valence-electron chi connectivity index (χ4n) is 2.64. The average Bonchev–Trinajstić information content (AvgIpc) is 2.97. The molecule has 0 bridgehead atoms. The van der Waals surface area contributed by atoms with E-state index in [1.807, 2.05) is 10.9 Å². The van der Waals surface area contributed by atoms with Gasteiger partial charge < -0.3 is 0 Å². The molecule has 0 unspecified atom stereocenters.